The number of nitrogens with zero attached hydrogens (tertiary/aromatic N) is 3. The summed E-state index contributed by atoms with van der Waals surface area (Å²) in [5, 5.41) is 7.57. The summed E-state index contributed by atoms with van der Waals surface area (Å²) in [4.78, 5) is 4.16. The summed E-state index contributed by atoms with van der Waals surface area (Å²) in [6.07, 6.45) is 6.56. The Bertz CT molecular complexity index is 452. The van der Waals surface area contributed by atoms with Crippen molar-refractivity contribution >= 4 is 5.69 Å². The van der Waals surface area contributed by atoms with Crippen molar-refractivity contribution < 1.29 is 4.74 Å². The molecule has 0 radical (unpaired) electrons. The van der Waals surface area contributed by atoms with Gasteiger partial charge in [-0.05, 0) is 25.5 Å². The van der Waals surface area contributed by atoms with Crippen LogP contribution >= 0.6 is 0 Å². The number of pyridine rings is 1. The smallest absolute Gasteiger partial charge is 0.213 e. The molecule has 2 aromatic rings. The van der Waals surface area contributed by atoms with Crippen molar-refractivity contribution in [3.05, 3.63) is 36.8 Å². The molecule has 5 heteroatoms. The first kappa shape index (κ1) is 12.4. The summed E-state index contributed by atoms with van der Waals surface area (Å²) < 4.78 is 6.96. The molecule has 1 unspecified atom stereocenters. The number of hydrogen-bond donors (Lipinski definition) is 1. The van der Waals surface area contributed by atoms with Crippen molar-refractivity contribution in [2.24, 2.45) is 0 Å². The molecule has 0 amide bonds. The topological polar surface area (TPSA) is 52.0 Å². The Balaban J connectivity index is 1.80. The van der Waals surface area contributed by atoms with E-state index in [0.29, 0.717) is 11.9 Å². The van der Waals surface area contributed by atoms with E-state index in [9.17, 15) is 0 Å². The third kappa shape index (κ3) is 3.48. The summed E-state index contributed by atoms with van der Waals surface area (Å²) in [6.45, 7) is 3.05. The number of hydrogen-bond acceptors (Lipinski definition) is 4. The van der Waals surface area contributed by atoms with Gasteiger partial charge in [-0.2, -0.15) is 5.10 Å². The molecule has 1 N–H and O–H groups in total. The summed E-state index contributed by atoms with van der Waals surface area (Å²) >= 11 is 0. The number of methoxy groups -OCH3 is 1. The highest BCUT2D eigenvalue weighted by Gasteiger charge is 2.03. The average molecular weight is 246 g/mol. The molecule has 0 aliphatic heterocycles. The molecular weight excluding hydrogens is 228 g/mol. The molecule has 18 heavy (non-hydrogen) atoms. The molecule has 2 aromatic heterocycles. The summed E-state index contributed by atoms with van der Waals surface area (Å²) in [6, 6.07) is 6.12. The Morgan fingerprint density at radius 1 is 1.44 bits per heavy atom. The highest BCUT2D eigenvalue weighted by atomic mass is 16.5. The fourth-order valence-corrected chi connectivity index (χ4v) is 1.70. The molecule has 0 aliphatic carbocycles. The van der Waals surface area contributed by atoms with Crippen molar-refractivity contribution in [1.82, 2.24) is 14.8 Å². The first-order valence-corrected chi connectivity index (χ1v) is 6.02. The van der Waals surface area contributed by atoms with Crippen LogP contribution in [0.25, 0.3) is 0 Å². The maximum absolute atomic E-state index is 5.02. The van der Waals surface area contributed by atoms with Gasteiger partial charge in [0.25, 0.3) is 0 Å². The van der Waals surface area contributed by atoms with Gasteiger partial charge in [-0.1, -0.05) is 0 Å². The molecule has 0 saturated carbocycles. The standard InChI is InChI=1S/C13H18N4O/c1-11(6-9-17-8-3-7-15-17)16-12-4-5-13(18-2)14-10-12/h3-5,7-8,10-11,16H,6,9H2,1-2H3. The monoisotopic (exact) mass is 246 g/mol. The largest absolute Gasteiger partial charge is 0.481 e. The minimum Gasteiger partial charge on any atom is -0.481 e. The SMILES string of the molecule is COc1ccc(NC(C)CCn2cccn2)cn1. The maximum atomic E-state index is 5.02. The number of ether oxygens (including phenoxy) is 1. The number of aromatic nitrogens is 3. The minimum atomic E-state index is 0.365. The van der Waals surface area contributed by atoms with Gasteiger partial charge < -0.3 is 10.1 Å². The van der Waals surface area contributed by atoms with Crippen molar-refractivity contribution in [3.63, 3.8) is 0 Å². The minimum absolute atomic E-state index is 0.365. The number of rotatable bonds is 6. The van der Waals surface area contributed by atoms with Crippen LogP contribution in [0.15, 0.2) is 36.8 Å². The van der Waals surface area contributed by atoms with Gasteiger partial charge in [0.1, 0.15) is 0 Å². The van der Waals surface area contributed by atoms with E-state index in [2.05, 4.69) is 22.3 Å². The van der Waals surface area contributed by atoms with E-state index in [4.69, 9.17) is 4.74 Å². The third-order valence-electron chi connectivity index (χ3n) is 2.71. The van der Waals surface area contributed by atoms with Crippen LogP contribution in [0.4, 0.5) is 5.69 Å². The summed E-state index contributed by atoms with van der Waals surface area (Å²) in [7, 11) is 1.61. The van der Waals surface area contributed by atoms with Crippen LogP contribution in [-0.4, -0.2) is 27.9 Å². The number of nitrogens with one attached hydrogen (secondary N) is 1. The van der Waals surface area contributed by atoms with Gasteiger partial charge >= 0.3 is 0 Å². The Morgan fingerprint density at radius 2 is 2.33 bits per heavy atom. The third-order valence-corrected chi connectivity index (χ3v) is 2.71. The quantitative estimate of drug-likeness (QED) is 0.848. The Hall–Kier alpha value is -2.04. The van der Waals surface area contributed by atoms with Gasteiger partial charge in [0.05, 0.1) is 19.0 Å². The van der Waals surface area contributed by atoms with Crippen LogP contribution in [0, 0.1) is 0 Å². The molecule has 1 atom stereocenters. The van der Waals surface area contributed by atoms with Crippen LogP contribution in [0.2, 0.25) is 0 Å². The number of aryl methyl sites for hydroxylation is 1. The molecule has 5 nitrogen and oxygen atoms in total. The second-order valence-electron chi connectivity index (χ2n) is 4.19. The fraction of sp³-hybridized carbons (Fsp3) is 0.385. The molecular formula is C13H18N4O. The van der Waals surface area contributed by atoms with Gasteiger partial charge in [-0.15, -0.1) is 0 Å². The van der Waals surface area contributed by atoms with Crippen molar-refractivity contribution in [2.45, 2.75) is 25.9 Å². The first-order valence-electron chi connectivity index (χ1n) is 6.02. The van der Waals surface area contributed by atoms with E-state index >= 15 is 0 Å². The molecule has 0 bridgehead atoms. The maximum Gasteiger partial charge on any atom is 0.213 e. The second-order valence-corrected chi connectivity index (χ2v) is 4.19. The van der Waals surface area contributed by atoms with Crippen molar-refractivity contribution in [3.8, 4) is 5.88 Å². The van der Waals surface area contributed by atoms with E-state index in [-0.39, 0.29) is 0 Å². The molecule has 96 valence electrons. The zero-order chi connectivity index (χ0) is 12.8. The van der Waals surface area contributed by atoms with Crippen LogP contribution in [0.1, 0.15) is 13.3 Å². The lowest BCUT2D eigenvalue weighted by atomic mass is 10.2. The van der Waals surface area contributed by atoms with E-state index in [1.807, 2.05) is 29.1 Å². The molecule has 2 heterocycles. The fourth-order valence-electron chi connectivity index (χ4n) is 1.70. The zero-order valence-electron chi connectivity index (χ0n) is 10.7. The Labute approximate surface area is 107 Å². The highest BCUT2D eigenvalue weighted by molar-refractivity contribution is 5.42. The second kappa shape index (κ2) is 6.05. The van der Waals surface area contributed by atoms with Crippen molar-refractivity contribution in [2.75, 3.05) is 12.4 Å². The molecule has 0 aromatic carbocycles. The van der Waals surface area contributed by atoms with Gasteiger partial charge in [0, 0.05) is 31.0 Å². The predicted octanol–water partition coefficient (Wildman–Crippen LogP) is 2.18. The molecule has 0 saturated heterocycles. The summed E-state index contributed by atoms with van der Waals surface area (Å²) in [5.41, 5.74) is 1.00. The Morgan fingerprint density at radius 3 is 2.94 bits per heavy atom. The highest BCUT2D eigenvalue weighted by Crippen LogP contribution is 2.12. The normalized spacial score (nSPS) is 12.1. The van der Waals surface area contributed by atoms with Gasteiger partial charge in [0.2, 0.25) is 5.88 Å². The first-order chi connectivity index (χ1) is 8.78. The lowest BCUT2D eigenvalue weighted by Gasteiger charge is -2.15. The lowest BCUT2D eigenvalue weighted by molar-refractivity contribution is 0.398. The van der Waals surface area contributed by atoms with Gasteiger partial charge in [0.15, 0.2) is 0 Å². The summed E-state index contributed by atoms with van der Waals surface area (Å²) in [5.74, 6) is 0.629. The van der Waals surface area contributed by atoms with Crippen LogP contribution < -0.4 is 10.1 Å². The van der Waals surface area contributed by atoms with E-state index in [0.717, 1.165) is 18.7 Å². The number of anilines is 1. The van der Waals surface area contributed by atoms with Crippen LogP contribution in [0.3, 0.4) is 0 Å². The zero-order valence-corrected chi connectivity index (χ0v) is 10.7. The van der Waals surface area contributed by atoms with Gasteiger partial charge in [-0.25, -0.2) is 4.98 Å². The predicted molar refractivity (Wildman–Crippen MR) is 70.7 cm³/mol. The van der Waals surface area contributed by atoms with Crippen molar-refractivity contribution in [1.29, 1.82) is 0 Å². The average Bonchev–Trinajstić information content (AvgIpc) is 2.90. The van der Waals surface area contributed by atoms with E-state index in [1.54, 1.807) is 19.5 Å². The van der Waals surface area contributed by atoms with Crippen LogP contribution in [0.5, 0.6) is 5.88 Å². The molecule has 0 spiro atoms. The lowest BCUT2D eigenvalue weighted by Crippen LogP contribution is -2.18. The van der Waals surface area contributed by atoms with Gasteiger partial charge in [-0.3, -0.25) is 4.68 Å². The van der Waals surface area contributed by atoms with Crippen LogP contribution in [-0.2, 0) is 6.54 Å². The molecule has 0 aliphatic rings. The molecule has 2 rings (SSSR count). The Kier molecular flexibility index (Phi) is 4.17. The van der Waals surface area contributed by atoms with E-state index < -0.39 is 0 Å². The van der Waals surface area contributed by atoms with E-state index in [1.165, 1.54) is 0 Å². The molecule has 0 fully saturated rings.